The summed E-state index contributed by atoms with van der Waals surface area (Å²) in [7, 11) is 0. The van der Waals surface area contributed by atoms with Crippen LogP contribution < -0.4 is 0 Å². The Morgan fingerprint density at radius 1 is 1.30 bits per heavy atom. The summed E-state index contributed by atoms with van der Waals surface area (Å²) in [6, 6.07) is 8.88. The van der Waals surface area contributed by atoms with Gasteiger partial charge in [0.2, 0.25) is 0 Å². The Morgan fingerprint density at radius 2 is 2.10 bits per heavy atom. The minimum Gasteiger partial charge on any atom is -0.0617 e. The molecule has 1 aromatic carbocycles. The van der Waals surface area contributed by atoms with Gasteiger partial charge in [-0.05, 0) is 23.0 Å². The van der Waals surface area contributed by atoms with E-state index in [2.05, 4.69) is 38.1 Å². The van der Waals surface area contributed by atoms with Gasteiger partial charge in [-0.15, -0.1) is 0 Å². The molecule has 0 nitrogen and oxygen atoms in total. The molecule has 10 heavy (non-hydrogen) atoms. The lowest BCUT2D eigenvalue weighted by atomic mass is 9.87. The average Bonchev–Trinajstić information content (AvgIpc) is 2.04. The van der Waals surface area contributed by atoms with E-state index in [1.807, 2.05) is 0 Å². The van der Waals surface area contributed by atoms with E-state index in [1.165, 1.54) is 17.5 Å². The first-order valence-corrected chi connectivity index (χ1v) is 3.78. The Bertz CT molecular complexity index is 258. The van der Waals surface area contributed by atoms with Crippen LogP contribution in [0.3, 0.4) is 0 Å². The molecular formula is C10H12. The molecule has 0 fully saturated rings. The maximum Gasteiger partial charge on any atom is -0.00631 e. The molecule has 0 N–H and O–H groups in total. The number of hydrogen-bond acceptors (Lipinski definition) is 0. The molecule has 2 bridgehead atoms. The van der Waals surface area contributed by atoms with E-state index in [0.29, 0.717) is 5.41 Å². The molecule has 0 unspecified atom stereocenters. The Labute approximate surface area is 61.9 Å². The molecule has 0 amide bonds. The van der Waals surface area contributed by atoms with Crippen LogP contribution in [0.25, 0.3) is 0 Å². The van der Waals surface area contributed by atoms with Crippen LogP contribution in [-0.4, -0.2) is 0 Å². The molecule has 0 saturated carbocycles. The molecule has 1 aliphatic carbocycles. The summed E-state index contributed by atoms with van der Waals surface area (Å²) in [5.74, 6) is 0. The Kier molecular flexibility index (Phi) is 0.971. The maximum atomic E-state index is 2.31. The number of fused-ring (bicyclic) bond motifs is 2. The maximum absolute atomic E-state index is 2.31. The van der Waals surface area contributed by atoms with E-state index in [0.717, 1.165) is 0 Å². The molecule has 1 aromatic rings. The van der Waals surface area contributed by atoms with E-state index in [4.69, 9.17) is 0 Å². The molecule has 2 rings (SSSR count). The van der Waals surface area contributed by atoms with Crippen molar-refractivity contribution in [1.82, 2.24) is 0 Å². The molecule has 52 valence electrons. The van der Waals surface area contributed by atoms with E-state index in [9.17, 15) is 0 Å². The highest BCUT2D eigenvalue weighted by Crippen LogP contribution is 2.34. The van der Waals surface area contributed by atoms with Gasteiger partial charge in [-0.3, -0.25) is 0 Å². The van der Waals surface area contributed by atoms with Crippen molar-refractivity contribution in [3.8, 4) is 0 Å². The van der Waals surface area contributed by atoms with Crippen LogP contribution >= 0.6 is 0 Å². The second-order valence-corrected chi connectivity index (χ2v) is 3.76. The second kappa shape index (κ2) is 1.63. The molecule has 0 heteroatoms. The third-order valence-corrected chi connectivity index (χ3v) is 2.35. The monoisotopic (exact) mass is 132 g/mol. The first kappa shape index (κ1) is 5.96. The van der Waals surface area contributed by atoms with Crippen LogP contribution in [0.15, 0.2) is 24.3 Å². The molecule has 0 spiro atoms. The van der Waals surface area contributed by atoms with Gasteiger partial charge in [-0.1, -0.05) is 38.1 Å². The van der Waals surface area contributed by atoms with E-state index < -0.39 is 0 Å². The lowest BCUT2D eigenvalue weighted by molar-refractivity contribution is 0.547. The van der Waals surface area contributed by atoms with Gasteiger partial charge in [0.1, 0.15) is 0 Å². The van der Waals surface area contributed by atoms with Gasteiger partial charge in [0.15, 0.2) is 0 Å². The number of rotatable bonds is 0. The Balaban J connectivity index is 2.58. The zero-order valence-corrected chi connectivity index (χ0v) is 6.52. The molecule has 0 saturated heterocycles. The van der Waals surface area contributed by atoms with Crippen molar-refractivity contribution in [3.63, 3.8) is 0 Å². The van der Waals surface area contributed by atoms with E-state index in [-0.39, 0.29) is 0 Å². The summed E-state index contributed by atoms with van der Waals surface area (Å²) in [6.45, 7) is 4.60. The first-order chi connectivity index (χ1) is 4.68. The zero-order chi connectivity index (χ0) is 7.19. The predicted octanol–water partition coefficient (Wildman–Crippen LogP) is 2.52. The normalized spacial score (nSPS) is 19.4. The standard InChI is InChI=1S/C10H12/c1-10(2)7-8-4-3-5-9(10)6-8/h3-6H,7H2,1-2H3. The summed E-state index contributed by atoms with van der Waals surface area (Å²) in [5, 5.41) is 0. The molecule has 0 radical (unpaired) electrons. The zero-order valence-electron chi connectivity index (χ0n) is 6.52. The molecule has 0 heterocycles. The van der Waals surface area contributed by atoms with Gasteiger partial charge in [-0.25, -0.2) is 0 Å². The highest BCUT2D eigenvalue weighted by Gasteiger charge is 2.26. The predicted molar refractivity (Wildman–Crippen MR) is 43.2 cm³/mol. The molecule has 0 aliphatic heterocycles. The molecule has 0 atom stereocenters. The van der Waals surface area contributed by atoms with Crippen molar-refractivity contribution < 1.29 is 0 Å². The van der Waals surface area contributed by atoms with Crippen LogP contribution in [0.1, 0.15) is 25.0 Å². The summed E-state index contributed by atoms with van der Waals surface area (Å²) in [5.41, 5.74) is 3.38. The van der Waals surface area contributed by atoms with Crippen LogP contribution in [-0.2, 0) is 11.8 Å². The molecule has 0 aromatic heterocycles. The van der Waals surface area contributed by atoms with Crippen molar-refractivity contribution in [2.24, 2.45) is 0 Å². The topological polar surface area (TPSA) is 0 Å². The van der Waals surface area contributed by atoms with Crippen LogP contribution in [0.5, 0.6) is 0 Å². The highest BCUT2D eigenvalue weighted by atomic mass is 14.3. The minimum absolute atomic E-state index is 0.402. The Morgan fingerprint density at radius 3 is 2.70 bits per heavy atom. The van der Waals surface area contributed by atoms with Crippen molar-refractivity contribution in [1.29, 1.82) is 0 Å². The largest absolute Gasteiger partial charge is 0.0617 e. The third kappa shape index (κ3) is 0.683. The van der Waals surface area contributed by atoms with Crippen LogP contribution in [0.2, 0.25) is 0 Å². The van der Waals surface area contributed by atoms with Crippen LogP contribution in [0, 0.1) is 0 Å². The van der Waals surface area contributed by atoms with Crippen LogP contribution in [0.4, 0.5) is 0 Å². The van der Waals surface area contributed by atoms with E-state index in [1.54, 1.807) is 0 Å². The van der Waals surface area contributed by atoms with Gasteiger partial charge in [0, 0.05) is 0 Å². The van der Waals surface area contributed by atoms with Gasteiger partial charge in [0.25, 0.3) is 0 Å². The van der Waals surface area contributed by atoms with Crippen molar-refractivity contribution in [2.75, 3.05) is 0 Å². The van der Waals surface area contributed by atoms with Gasteiger partial charge in [0.05, 0.1) is 0 Å². The van der Waals surface area contributed by atoms with Gasteiger partial charge < -0.3 is 0 Å². The second-order valence-electron chi connectivity index (χ2n) is 3.76. The van der Waals surface area contributed by atoms with Crippen molar-refractivity contribution in [3.05, 3.63) is 35.4 Å². The third-order valence-electron chi connectivity index (χ3n) is 2.35. The molecule has 1 aliphatic rings. The summed E-state index contributed by atoms with van der Waals surface area (Å²) in [4.78, 5) is 0. The highest BCUT2D eigenvalue weighted by molar-refractivity contribution is 5.37. The fourth-order valence-electron chi connectivity index (χ4n) is 1.71. The fraction of sp³-hybridized carbons (Fsp3) is 0.400. The van der Waals surface area contributed by atoms with E-state index >= 15 is 0 Å². The number of hydrogen-bond donors (Lipinski definition) is 0. The number of benzene rings is 1. The quantitative estimate of drug-likeness (QED) is 0.509. The minimum atomic E-state index is 0.402. The Hall–Kier alpha value is -0.780. The SMILES string of the molecule is CC1(C)Cc2cccc1c2. The van der Waals surface area contributed by atoms with Gasteiger partial charge in [-0.2, -0.15) is 0 Å². The summed E-state index contributed by atoms with van der Waals surface area (Å²) >= 11 is 0. The summed E-state index contributed by atoms with van der Waals surface area (Å²) in [6.07, 6.45) is 1.22. The first-order valence-electron chi connectivity index (χ1n) is 3.78. The summed E-state index contributed by atoms with van der Waals surface area (Å²) < 4.78 is 0. The van der Waals surface area contributed by atoms with Crippen molar-refractivity contribution >= 4 is 0 Å². The molecular weight excluding hydrogens is 120 g/mol. The smallest absolute Gasteiger partial charge is 0.00631 e. The van der Waals surface area contributed by atoms with Gasteiger partial charge >= 0.3 is 0 Å². The fourth-order valence-corrected chi connectivity index (χ4v) is 1.71. The van der Waals surface area contributed by atoms with Crippen molar-refractivity contribution in [2.45, 2.75) is 25.7 Å². The lowest BCUT2D eigenvalue weighted by Gasteiger charge is -2.17. The average molecular weight is 132 g/mol. The lowest BCUT2D eigenvalue weighted by Crippen LogP contribution is -2.13.